The number of amides is 2. The monoisotopic (exact) mass is 355 g/mol. The molecule has 0 spiro atoms. The molecule has 2 N–H and O–H groups in total. The molecule has 6 heteroatoms. The molecular weight excluding hydrogens is 334 g/mol. The van der Waals surface area contributed by atoms with Crippen molar-refractivity contribution in [3.05, 3.63) is 41.3 Å². The third-order valence-electron chi connectivity index (χ3n) is 4.98. The number of para-hydroxylation sites is 1. The van der Waals surface area contributed by atoms with Crippen LogP contribution in [0.3, 0.4) is 0 Å². The molecule has 2 aliphatic heterocycles. The van der Waals surface area contributed by atoms with Gasteiger partial charge in [0.05, 0.1) is 4.88 Å². The van der Waals surface area contributed by atoms with E-state index in [0.29, 0.717) is 10.8 Å². The van der Waals surface area contributed by atoms with E-state index in [1.807, 2.05) is 36.4 Å². The lowest BCUT2D eigenvalue weighted by Crippen LogP contribution is -2.42. The van der Waals surface area contributed by atoms with Crippen LogP contribution in [0.25, 0.3) is 10.4 Å². The average molecular weight is 355 g/mol. The Bertz CT molecular complexity index is 817. The van der Waals surface area contributed by atoms with Crippen LogP contribution in [0.5, 0.6) is 0 Å². The van der Waals surface area contributed by atoms with Gasteiger partial charge in [0.1, 0.15) is 0 Å². The summed E-state index contributed by atoms with van der Waals surface area (Å²) in [5.41, 5.74) is 1.71. The number of carbonyl (C=O) groups is 2. The molecule has 2 saturated heterocycles. The van der Waals surface area contributed by atoms with Crippen LogP contribution >= 0.6 is 11.3 Å². The molecule has 4 rings (SSSR count). The van der Waals surface area contributed by atoms with Gasteiger partial charge in [0.15, 0.2) is 0 Å². The van der Waals surface area contributed by atoms with Gasteiger partial charge in [-0.1, -0.05) is 18.2 Å². The maximum atomic E-state index is 12.6. The van der Waals surface area contributed by atoms with Crippen LogP contribution in [0.4, 0.5) is 5.69 Å². The predicted molar refractivity (Wildman–Crippen MR) is 99.9 cm³/mol. The lowest BCUT2D eigenvalue weighted by Gasteiger charge is -2.22. The Morgan fingerprint density at radius 2 is 2.00 bits per heavy atom. The summed E-state index contributed by atoms with van der Waals surface area (Å²) < 4.78 is 0. The molecule has 0 saturated carbocycles. The standard InChI is InChI=1S/C19H21N3O2S/c1-12(23)20-15-5-3-2-4-14(15)17-6-7-18(25-17)19(24)21-16-11-22-9-8-13(16)10-22/h2-7,13,16H,8-11H2,1H3,(H,20,23)(H,21,24)/t13-,16-/m0/s1. The normalized spacial score (nSPS) is 24.3. The van der Waals surface area contributed by atoms with Crippen LogP contribution in [-0.2, 0) is 4.79 Å². The molecular formula is C19H21N3O2S. The Balaban J connectivity index is 1.50. The molecule has 3 atom stereocenters. The van der Waals surface area contributed by atoms with Crippen LogP contribution in [0, 0.1) is 5.92 Å². The fraction of sp³-hybridized carbons (Fsp3) is 0.368. The van der Waals surface area contributed by atoms with E-state index in [0.717, 1.165) is 29.2 Å². The second kappa shape index (κ2) is 6.61. The number of thiophene rings is 1. The van der Waals surface area contributed by atoms with Gasteiger partial charge < -0.3 is 15.5 Å². The molecule has 3 heterocycles. The Labute approximate surface area is 151 Å². The van der Waals surface area contributed by atoms with Crippen molar-refractivity contribution < 1.29 is 9.59 Å². The van der Waals surface area contributed by atoms with Gasteiger partial charge >= 0.3 is 0 Å². The van der Waals surface area contributed by atoms with Gasteiger partial charge in [0.2, 0.25) is 5.91 Å². The van der Waals surface area contributed by atoms with Crippen molar-refractivity contribution >= 4 is 28.8 Å². The molecule has 2 aromatic rings. The molecule has 2 bridgehead atoms. The molecule has 0 radical (unpaired) electrons. The number of carbonyl (C=O) groups excluding carboxylic acids is 2. The number of fused-ring (bicyclic) bond motifs is 2. The lowest BCUT2D eigenvalue weighted by molar-refractivity contribution is -0.114. The van der Waals surface area contributed by atoms with Crippen LogP contribution in [-0.4, -0.2) is 42.4 Å². The van der Waals surface area contributed by atoms with Gasteiger partial charge in [0.25, 0.3) is 5.91 Å². The summed E-state index contributed by atoms with van der Waals surface area (Å²) in [6, 6.07) is 11.8. The van der Waals surface area contributed by atoms with Gasteiger partial charge in [-0.2, -0.15) is 0 Å². The summed E-state index contributed by atoms with van der Waals surface area (Å²) >= 11 is 1.46. The molecule has 1 aromatic heterocycles. The number of anilines is 1. The predicted octanol–water partition coefficient (Wildman–Crippen LogP) is 2.81. The number of nitrogens with one attached hydrogen (secondary N) is 2. The highest BCUT2D eigenvalue weighted by Gasteiger charge is 2.38. The minimum Gasteiger partial charge on any atom is -0.347 e. The molecule has 2 aliphatic rings. The summed E-state index contributed by atoms with van der Waals surface area (Å²) in [6.07, 6.45) is 1.19. The SMILES string of the molecule is CC(=O)Nc1ccccc1-c1ccc(C(=O)N[C@H]2CN3CC[C@H]2C3)s1. The molecule has 5 nitrogen and oxygen atoms in total. The van der Waals surface area contributed by atoms with E-state index in [4.69, 9.17) is 0 Å². The minimum atomic E-state index is -0.103. The Kier molecular flexibility index (Phi) is 4.31. The van der Waals surface area contributed by atoms with Gasteiger partial charge in [-0.05, 0) is 37.1 Å². The number of benzene rings is 1. The maximum absolute atomic E-state index is 12.6. The topological polar surface area (TPSA) is 61.4 Å². The summed E-state index contributed by atoms with van der Waals surface area (Å²) in [5, 5.41) is 6.05. The first-order chi connectivity index (χ1) is 12.1. The molecule has 0 aliphatic carbocycles. The fourth-order valence-electron chi connectivity index (χ4n) is 3.79. The van der Waals surface area contributed by atoms with Crippen molar-refractivity contribution in [1.82, 2.24) is 10.2 Å². The summed E-state index contributed by atoms with van der Waals surface area (Å²) in [6.45, 7) is 4.75. The van der Waals surface area contributed by atoms with Crippen LogP contribution in [0.2, 0.25) is 0 Å². The Morgan fingerprint density at radius 3 is 2.72 bits per heavy atom. The van der Waals surface area contributed by atoms with Crippen molar-refractivity contribution in [1.29, 1.82) is 0 Å². The Morgan fingerprint density at radius 1 is 1.16 bits per heavy atom. The van der Waals surface area contributed by atoms with E-state index >= 15 is 0 Å². The second-order valence-corrected chi connectivity index (χ2v) is 7.86. The third-order valence-corrected chi connectivity index (χ3v) is 6.10. The van der Waals surface area contributed by atoms with E-state index in [1.54, 1.807) is 0 Å². The Hall–Kier alpha value is -2.18. The average Bonchev–Trinajstić information content (AvgIpc) is 3.31. The molecule has 1 aromatic carbocycles. The maximum Gasteiger partial charge on any atom is 0.261 e. The van der Waals surface area contributed by atoms with Crippen LogP contribution < -0.4 is 10.6 Å². The fourth-order valence-corrected chi connectivity index (χ4v) is 4.74. The smallest absolute Gasteiger partial charge is 0.261 e. The van der Waals surface area contributed by atoms with Gasteiger partial charge in [-0.3, -0.25) is 9.59 Å². The summed E-state index contributed by atoms with van der Waals surface area (Å²) in [5.74, 6) is 0.504. The zero-order valence-corrected chi connectivity index (χ0v) is 14.9. The molecule has 2 amide bonds. The first-order valence-electron chi connectivity index (χ1n) is 8.60. The zero-order valence-electron chi connectivity index (χ0n) is 14.1. The highest BCUT2D eigenvalue weighted by atomic mass is 32.1. The highest BCUT2D eigenvalue weighted by molar-refractivity contribution is 7.17. The third kappa shape index (κ3) is 3.32. The molecule has 25 heavy (non-hydrogen) atoms. The second-order valence-electron chi connectivity index (χ2n) is 6.78. The van der Waals surface area contributed by atoms with E-state index in [2.05, 4.69) is 15.5 Å². The van der Waals surface area contributed by atoms with E-state index in [9.17, 15) is 9.59 Å². The number of rotatable bonds is 4. The molecule has 130 valence electrons. The van der Waals surface area contributed by atoms with Crippen LogP contribution in [0.1, 0.15) is 23.0 Å². The molecule has 2 fully saturated rings. The zero-order chi connectivity index (χ0) is 17.4. The van der Waals surface area contributed by atoms with Crippen molar-refractivity contribution in [2.45, 2.75) is 19.4 Å². The number of hydrogen-bond donors (Lipinski definition) is 2. The van der Waals surface area contributed by atoms with Crippen molar-refractivity contribution in [3.63, 3.8) is 0 Å². The van der Waals surface area contributed by atoms with E-state index < -0.39 is 0 Å². The molecule has 1 unspecified atom stereocenters. The highest BCUT2D eigenvalue weighted by Crippen LogP contribution is 2.34. The summed E-state index contributed by atoms with van der Waals surface area (Å²) in [4.78, 5) is 28.1. The largest absolute Gasteiger partial charge is 0.347 e. The number of nitrogens with zero attached hydrogens (tertiary/aromatic N) is 1. The quantitative estimate of drug-likeness (QED) is 0.887. The van der Waals surface area contributed by atoms with Crippen molar-refractivity contribution in [3.8, 4) is 10.4 Å². The lowest BCUT2D eigenvalue weighted by atomic mass is 10.00. The van der Waals surface area contributed by atoms with E-state index in [1.165, 1.54) is 31.2 Å². The summed E-state index contributed by atoms with van der Waals surface area (Å²) in [7, 11) is 0. The van der Waals surface area contributed by atoms with Gasteiger partial charge in [-0.15, -0.1) is 11.3 Å². The first kappa shape index (κ1) is 16.3. The van der Waals surface area contributed by atoms with E-state index in [-0.39, 0.29) is 17.9 Å². The van der Waals surface area contributed by atoms with Crippen molar-refractivity contribution in [2.24, 2.45) is 5.92 Å². The van der Waals surface area contributed by atoms with Crippen molar-refractivity contribution in [2.75, 3.05) is 25.0 Å². The number of hydrogen-bond acceptors (Lipinski definition) is 4. The van der Waals surface area contributed by atoms with Crippen LogP contribution in [0.15, 0.2) is 36.4 Å². The van der Waals surface area contributed by atoms with Gasteiger partial charge in [-0.25, -0.2) is 0 Å². The van der Waals surface area contributed by atoms with Gasteiger partial charge in [0, 0.05) is 42.2 Å². The number of piperidine rings is 1. The first-order valence-corrected chi connectivity index (χ1v) is 9.42. The minimum absolute atomic E-state index is 0.00649.